The fourth-order valence-electron chi connectivity index (χ4n) is 2.82. The van der Waals surface area contributed by atoms with E-state index in [1.54, 1.807) is 11.0 Å². The number of rotatable bonds is 5. The summed E-state index contributed by atoms with van der Waals surface area (Å²) in [5, 5.41) is 9.16. The molecule has 1 aromatic carbocycles. The molecule has 2 heterocycles. The maximum atomic E-state index is 12.4. The van der Waals surface area contributed by atoms with Crippen LogP contribution < -0.4 is 10.6 Å². The van der Waals surface area contributed by atoms with Crippen molar-refractivity contribution in [2.45, 2.75) is 39.4 Å². The Morgan fingerprint density at radius 1 is 1.32 bits per heavy atom. The minimum Gasteiger partial charge on any atom is -0.359 e. The summed E-state index contributed by atoms with van der Waals surface area (Å²) >= 11 is 0. The van der Waals surface area contributed by atoms with E-state index in [4.69, 9.17) is 4.52 Å². The number of nitrogens with zero attached hydrogens (tertiary/aromatic N) is 2. The van der Waals surface area contributed by atoms with E-state index < -0.39 is 6.04 Å². The third-order valence-corrected chi connectivity index (χ3v) is 4.20. The standard InChI is InChI=1S/C18H22N4O3/c1-12-3-5-14(6-4-12)11-22-8-7-16(17(22)23)20-18(24)19-10-15-9-13(2)21-25-15/h3-6,9,16H,7-8,10-11H2,1-2H3,(H2,19,20,24)/t16-/m0/s1. The summed E-state index contributed by atoms with van der Waals surface area (Å²) in [6.07, 6.45) is 0.611. The van der Waals surface area contributed by atoms with Gasteiger partial charge in [0.05, 0.1) is 12.2 Å². The number of aryl methyl sites for hydroxylation is 2. The maximum Gasteiger partial charge on any atom is 0.315 e. The van der Waals surface area contributed by atoms with E-state index in [2.05, 4.69) is 15.8 Å². The zero-order valence-electron chi connectivity index (χ0n) is 14.4. The molecule has 1 aliphatic rings. The summed E-state index contributed by atoms with van der Waals surface area (Å²) in [4.78, 5) is 26.2. The summed E-state index contributed by atoms with van der Waals surface area (Å²) in [6.45, 7) is 5.28. The zero-order valence-corrected chi connectivity index (χ0v) is 14.4. The van der Waals surface area contributed by atoms with E-state index in [9.17, 15) is 9.59 Å². The van der Waals surface area contributed by atoms with Gasteiger partial charge in [-0.25, -0.2) is 4.79 Å². The van der Waals surface area contributed by atoms with Crippen molar-refractivity contribution in [2.24, 2.45) is 0 Å². The van der Waals surface area contributed by atoms with Gasteiger partial charge in [0.25, 0.3) is 0 Å². The van der Waals surface area contributed by atoms with Gasteiger partial charge in [-0.3, -0.25) is 4.79 Å². The molecule has 3 amide bonds. The minimum atomic E-state index is -0.484. The summed E-state index contributed by atoms with van der Waals surface area (Å²) in [5.74, 6) is 0.526. The lowest BCUT2D eigenvalue weighted by Gasteiger charge is -2.17. The van der Waals surface area contributed by atoms with Crippen molar-refractivity contribution in [3.63, 3.8) is 0 Å². The van der Waals surface area contributed by atoms with Crippen molar-refractivity contribution >= 4 is 11.9 Å². The fourth-order valence-corrected chi connectivity index (χ4v) is 2.82. The molecular weight excluding hydrogens is 320 g/mol. The number of benzene rings is 1. The smallest absolute Gasteiger partial charge is 0.315 e. The number of likely N-dealkylation sites (tertiary alicyclic amines) is 1. The van der Waals surface area contributed by atoms with Gasteiger partial charge in [-0.05, 0) is 25.8 Å². The van der Waals surface area contributed by atoms with Gasteiger partial charge in [0.15, 0.2) is 5.76 Å². The lowest BCUT2D eigenvalue weighted by Crippen LogP contribution is -2.45. The maximum absolute atomic E-state index is 12.4. The molecule has 25 heavy (non-hydrogen) atoms. The highest BCUT2D eigenvalue weighted by molar-refractivity contribution is 5.88. The number of carbonyl (C=O) groups excluding carboxylic acids is 2. The molecule has 1 saturated heterocycles. The third-order valence-electron chi connectivity index (χ3n) is 4.20. The van der Waals surface area contributed by atoms with Crippen molar-refractivity contribution in [1.82, 2.24) is 20.7 Å². The second kappa shape index (κ2) is 7.38. The Morgan fingerprint density at radius 3 is 2.76 bits per heavy atom. The average Bonchev–Trinajstić information content (AvgIpc) is 3.15. The van der Waals surface area contributed by atoms with Crippen LogP contribution in [-0.4, -0.2) is 34.6 Å². The lowest BCUT2D eigenvalue weighted by molar-refractivity contribution is -0.129. The summed E-state index contributed by atoms with van der Waals surface area (Å²) in [7, 11) is 0. The van der Waals surface area contributed by atoms with E-state index in [-0.39, 0.29) is 18.5 Å². The Labute approximate surface area is 146 Å². The third kappa shape index (κ3) is 4.37. The first-order valence-electron chi connectivity index (χ1n) is 8.32. The predicted molar refractivity (Wildman–Crippen MR) is 91.6 cm³/mol. The summed E-state index contributed by atoms with van der Waals surface area (Å²) < 4.78 is 5.03. The SMILES string of the molecule is Cc1ccc(CN2CC[C@H](NC(=O)NCc3cc(C)no3)C2=O)cc1. The highest BCUT2D eigenvalue weighted by Crippen LogP contribution is 2.15. The first-order valence-corrected chi connectivity index (χ1v) is 8.32. The van der Waals surface area contributed by atoms with E-state index in [1.165, 1.54) is 5.56 Å². The van der Waals surface area contributed by atoms with Crippen molar-refractivity contribution < 1.29 is 14.1 Å². The monoisotopic (exact) mass is 342 g/mol. The average molecular weight is 342 g/mol. The number of hydrogen-bond donors (Lipinski definition) is 2. The van der Waals surface area contributed by atoms with Gasteiger partial charge >= 0.3 is 6.03 Å². The van der Waals surface area contributed by atoms with Crippen LogP contribution in [-0.2, 0) is 17.9 Å². The van der Waals surface area contributed by atoms with Gasteiger partial charge in [-0.2, -0.15) is 0 Å². The van der Waals surface area contributed by atoms with E-state index in [0.717, 1.165) is 11.3 Å². The second-order valence-corrected chi connectivity index (χ2v) is 6.35. The Kier molecular flexibility index (Phi) is 5.02. The molecule has 7 nitrogen and oxygen atoms in total. The molecule has 0 radical (unpaired) electrons. The van der Waals surface area contributed by atoms with Crippen LogP contribution in [0.2, 0.25) is 0 Å². The molecule has 0 spiro atoms. The number of hydrogen-bond acceptors (Lipinski definition) is 4. The Balaban J connectivity index is 1.48. The predicted octanol–water partition coefficient (Wildman–Crippen LogP) is 1.89. The molecule has 1 atom stereocenters. The Morgan fingerprint density at radius 2 is 2.08 bits per heavy atom. The van der Waals surface area contributed by atoms with Crippen LogP contribution in [0.5, 0.6) is 0 Å². The van der Waals surface area contributed by atoms with Crippen LogP contribution in [0, 0.1) is 13.8 Å². The van der Waals surface area contributed by atoms with Gasteiger partial charge in [0.1, 0.15) is 6.04 Å². The Bertz CT molecular complexity index is 754. The molecule has 0 unspecified atom stereocenters. The van der Waals surface area contributed by atoms with Crippen molar-refractivity contribution in [3.05, 3.63) is 52.9 Å². The van der Waals surface area contributed by atoms with Crippen molar-refractivity contribution in [1.29, 1.82) is 0 Å². The molecule has 7 heteroatoms. The van der Waals surface area contributed by atoms with Crippen LogP contribution in [0.25, 0.3) is 0 Å². The van der Waals surface area contributed by atoms with Gasteiger partial charge in [0, 0.05) is 19.2 Å². The van der Waals surface area contributed by atoms with E-state index >= 15 is 0 Å². The van der Waals surface area contributed by atoms with Gasteiger partial charge in [-0.1, -0.05) is 35.0 Å². The summed E-state index contributed by atoms with van der Waals surface area (Å²) in [5.41, 5.74) is 3.04. The number of amides is 3. The zero-order chi connectivity index (χ0) is 17.8. The topological polar surface area (TPSA) is 87.5 Å². The van der Waals surface area contributed by atoms with Crippen LogP contribution in [0.15, 0.2) is 34.9 Å². The quantitative estimate of drug-likeness (QED) is 0.869. The van der Waals surface area contributed by atoms with Crippen LogP contribution in [0.4, 0.5) is 4.79 Å². The van der Waals surface area contributed by atoms with Gasteiger partial charge < -0.3 is 20.1 Å². The van der Waals surface area contributed by atoms with Crippen LogP contribution in [0.3, 0.4) is 0 Å². The number of nitrogens with one attached hydrogen (secondary N) is 2. The number of urea groups is 1. The molecular formula is C18H22N4O3. The highest BCUT2D eigenvalue weighted by atomic mass is 16.5. The van der Waals surface area contributed by atoms with E-state index in [0.29, 0.717) is 25.3 Å². The van der Waals surface area contributed by atoms with Gasteiger partial charge in [-0.15, -0.1) is 0 Å². The molecule has 1 aliphatic heterocycles. The molecule has 0 bridgehead atoms. The van der Waals surface area contributed by atoms with Crippen molar-refractivity contribution in [3.8, 4) is 0 Å². The second-order valence-electron chi connectivity index (χ2n) is 6.35. The number of carbonyl (C=O) groups is 2. The molecule has 0 aliphatic carbocycles. The molecule has 2 N–H and O–H groups in total. The lowest BCUT2D eigenvalue weighted by atomic mass is 10.1. The van der Waals surface area contributed by atoms with Crippen LogP contribution >= 0.6 is 0 Å². The largest absolute Gasteiger partial charge is 0.359 e. The van der Waals surface area contributed by atoms with E-state index in [1.807, 2.05) is 38.1 Å². The first kappa shape index (κ1) is 17.0. The molecule has 1 aromatic heterocycles. The highest BCUT2D eigenvalue weighted by Gasteiger charge is 2.32. The molecule has 132 valence electrons. The van der Waals surface area contributed by atoms with Crippen LogP contribution in [0.1, 0.15) is 29.0 Å². The molecule has 0 saturated carbocycles. The molecule has 3 rings (SSSR count). The Hall–Kier alpha value is -2.83. The fraction of sp³-hybridized carbons (Fsp3) is 0.389. The molecule has 2 aromatic rings. The number of aromatic nitrogens is 1. The minimum absolute atomic E-state index is 0.0498. The first-order chi connectivity index (χ1) is 12.0. The summed E-state index contributed by atoms with van der Waals surface area (Å²) in [6, 6.07) is 9.00. The van der Waals surface area contributed by atoms with Crippen molar-refractivity contribution in [2.75, 3.05) is 6.54 Å². The normalized spacial score (nSPS) is 17.0. The molecule has 1 fully saturated rings. The van der Waals surface area contributed by atoms with Gasteiger partial charge in [0.2, 0.25) is 5.91 Å².